The van der Waals surface area contributed by atoms with Crippen LogP contribution in [0.4, 0.5) is 10.5 Å². The minimum absolute atomic E-state index is 0.0138. The molecule has 6 heteroatoms. The number of hydrogen-bond acceptors (Lipinski definition) is 4. The van der Waals surface area contributed by atoms with Gasteiger partial charge in [-0.05, 0) is 11.6 Å². The second-order valence-electron chi connectivity index (χ2n) is 5.49. The van der Waals surface area contributed by atoms with Crippen molar-refractivity contribution in [1.82, 2.24) is 10.2 Å². The molecule has 0 saturated carbocycles. The molecule has 1 N–H and O–H groups in total. The molecule has 1 aromatic rings. The molecule has 0 bridgehead atoms. The molecule has 0 spiro atoms. The van der Waals surface area contributed by atoms with Crippen LogP contribution in [0.2, 0.25) is 0 Å². The number of amides is 2. The van der Waals surface area contributed by atoms with Crippen molar-refractivity contribution in [2.75, 3.05) is 57.5 Å². The Morgan fingerprint density at radius 3 is 2.36 bits per heavy atom. The van der Waals surface area contributed by atoms with E-state index >= 15 is 0 Å². The van der Waals surface area contributed by atoms with Crippen molar-refractivity contribution < 1.29 is 14.3 Å². The Bertz CT molecular complexity index is 497. The van der Waals surface area contributed by atoms with Crippen LogP contribution < -0.4 is 10.2 Å². The molecular weight excluding hydrogens is 282 g/mol. The number of anilines is 1. The summed E-state index contributed by atoms with van der Waals surface area (Å²) in [5, 5.41) is 3.02. The van der Waals surface area contributed by atoms with E-state index in [0.717, 1.165) is 31.9 Å². The van der Waals surface area contributed by atoms with Gasteiger partial charge >= 0.3 is 6.03 Å². The third kappa shape index (κ3) is 3.69. The number of ether oxygens (including phenoxy) is 2. The Morgan fingerprint density at radius 2 is 1.64 bits per heavy atom. The van der Waals surface area contributed by atoms with Gasteiger partial charge in [0.25, 0.3) is 0 Å². The lowest BCUT2D eigenvalue weighted by molar-refractivity contribution is 0.0531. The summed E-state index contributed by atoms with van der Waals surface area (Å²) in [5.41, 5.74) is 2.33. The highest BCUT2D eigenvalue weighted by Gasteiger charge is 2.18. The van der Waals surface area contributed by atoms with Crippen molar-refractivity contribution in [3.8, 4) is 0 Å². The lowest BCUT2D eigenvalue weighted by Gasteiger charge is -2.31. The first kappa shape index (κ1) is 15.1. The molecule has 0 atom stereocenters. The van der Waals surface area contributed by atoms with Crippen LogP contribution >= 0.6 is 0 Å². The highest BCUT2D eigenvalue weighted by atomic mass is 16.5. The highest BCUT2D eigenvalue weighted by molar-refractivity contribution is 5.74. The van der Waals surface area contributed by atoms with Crippen LogP contribution in [0.25, 0.3) is 0 Å². The zero-order valence-electron chi connectivity index (χ0n) is 12.8. The van der Waals surface area contributed by atoms with Gasteiger partial charge in [0.05, 0.1) is 26.4 Å². The zero-order chi connectivity index (χ0) is 15.2. The van der Waals surface area contributed by atoms with Crippen molar-refractivity contribution >= 4 is 11.7 Å². The fraction of sp³-hybridized carbons (Fsp3) is 0.562. The van der Waals surface area contributed by atoms with Crippen molar-refractivity contribution in [2.24, 2.45) is 0 Å². The molecule has 2 aliphatic rings. The molecule has 1 aromatic carbocycles. The molecule has 2 saturated heterocycles. The van der Waals surface area contributed by atoms with Crippen LogP contribution in [-0.2, 0) is 16.0 Å². The normalized spacial score (nSPS) is 19.1. The molecule has 0 aromatic heterocycles. The van der Waals surface area contributed by atoms with Gasteiger partial charge in [0.1, 0.15) is 0 Å². The Balaban J connectivity index is 1.60. The molecule has 22 heavy (non-hydrogen) atoms. The molecule has 2 heterocycles. The Hall–Kier alpha value is -1.79. The van der Waals surface area contributed by atoms with Crippen molar-refractivity contribution in [3.63, 3.8) is 0 Å². The lowest BCUT2D eigenvalue weighted by Crippen LogP contribution is -2.46. The van der Waals surface area contributed by atoms with Crippen LogP contribution in [-0.4, -0.2) is 63.5 Å². The van der Waals surface area contributed by atoms with Gasteiger partial charge in [0.15, 0.2) is 0 Å². The third-order valence-corrected chi connectivity index (χ3v) is 4.07. The molecule has 2 amide bonds. The summed E-state index contributed by atoms with van der Waals surface area (Å²) in [6, 6.07) is 8.23. The number of benzene rings is 1. The second kappa shape index (κ2) is 7.47. The van der Waals surface area contributed by atoms with Crippen molar-refractivity contribution in [2.45, 2.75) is 6.54 Å². The van der Waals surface area contributed by atoms with E-state index in [-0.39, 0.29) is 6.03 Å². The predicted molar refractivity (Wildman–Crippen MR) is 84.1 cm³/mol. The zero-order valence-corrected chi connectivity index (χ0v) is 12.8. The minimum atomic E-state index is -0.0138. The maximum Gasteiger partial charge on any atom is 0.317 e. The predicted octanol–water partition coefficient (Wildman–Crippen LogP) is 1.06. The summed E-state index contributed by atoms with van der Waals surface area (Å²) in [6.45, 7) is 6.43. The molecule has 120 valence electrons. The summed E-state index contributed by atoms with van der Waals surface area (Å²) in [7, 11) is 0. The quantitative estimate of drug-likeness (QED) is 0.907. The molecule has 0 aliphatic carbocycles. The van der Waals surface area contributed by atoms with Gasteiger partial charge in [-0.1, -0.05) is 18.2 Å². The summed E-state index contributed by atoms with van der Waals surface area (Å²) < 4.78 is 10.7. The van der Waals surface area contributed by atoms with E-state index in [1.807, 2.05) is 12.1 Å². The maximum absolute atomic E-state index is 12.2. The number of para-hydroxylation sites is 1. The second-order valence-corrected chi connectivity index (χ2v) is 5.49. The van der Waals surface area contributed by atoms with Gasteiger partial charge in [0.2, 0.25) is 0 Å². The van der Waals surface area contributed by atoms with Gasteiger partial charge < -0.3 is 24.6 Å². The summed E-state index contributed by atoms with van der Waals surface area (Å²) in [4.78, 5) is 16.3. The molecule has 2 aliphatic heterocycles. The van der Waals surface area contributed by atoms with Crippen LogP contribution in [0.5, 0.6) is 0 Å². The third-order valence-electron chi connectivity index (χ3n) is 4.07. The number of carbonyl (C=O) groups is 1. The lowest BCUT2D eigenvalue weighted by atomic mass is 10.1. The summed E-state index contributed by atoms with van der Waals surface area (Å²) >= 11 is 0. The number of hydrogen-bond donors (Lipinski definition) is 1. The molecule has 6 nitrogen and oxygen atoms in total. The Labute approximate surface area is 131 Å². The number of rotatable bonds is 3. The van der Waals surface area contributed by atoms with Gasteiger partial charge in [0, 0.05) is 38.4 Å². The topological polar surface area (TPSA) is 54.0 Å². The van der Waals surface area contributed by atoms with Crippen LogP contribution in [0.1, 0.15) is 5.56 Å². The standard InChI is InChI=1S/C16H23N3O3/c20-16(19-7-11-22-12-8-19)17-13-14-3-1-2-4-15(14)18-5-9-21-10-6-18/h1-4H,5-13H2,(H,17,20). The SMILES string of the molecule is O=C(NCc1ccccc1N1CCOCC1)N1CCOCC1. The number of nitrogens with zero attached hydrogens (tertiary/aromatic N) is 2. The van der Waals surface area contributed by atoms with Crippen LogP contribution in [0.15, 0.2) is 24.3 Å². The number of nitrogens with one attached hydrogen (secondary N) is 1. The number of urea groups is 1. The van der Waals surface area contributed by atoms with Crippen molar-refractivity contribution in [1.29, 1.82) is 0 Å². The first-order valence-electron chi connectivity index (χ1n) is 7.86. The van der Waals surface area contributed by atoms with Gasteiger partial charge in [-0.25, -0.2) is 4.79 Å². The van der Waals surface area contributed by atoms with E-state index in [1.165, 1.54) is 5.69 Å². The highest BCUT2D eigenvalue weighted by Crippen LogP contribution is 2.21. The monoisotopic (exact) mass is 305 g/mol. The van der Waals surface area contributed by atoms with Gasteiger partial charge in [-0.3, -0.25) is 0 Å². The molecule has 3 rings (SSSR count). The minimum Gasteiger partial charge on any atom is -0.378 e. The summed E-state index contributed by atoms with van der Waals surface area (Å²) in [6.07, 6.45) is 0. The van der Waals surface area contributed by atoms with Gasteiger partial charge in [-0.2, -0.15) is 0 Å². The average Bonchev–Trinajstić information content (AvgIpc) is 2.61. The van der Waals surface area contributed by atoms with E-state index in [4.69, 9.17) is 9.47 Å². The average molecular weight is 305 g/mol. The van der Waals surface area contributed by atoms with Crippen molar-refractivity contribution in [3.05, 3.63) is 29.8 Å². The molecule has 0 unspecified atom stereocenters. The first-order valence-corrected chi connectivity index (χ1v) is 7.86. The van der Waals surface area contributed by atoms with E-state index < -0.39 is 0 Å². The first-order chi connectivity index (χ1) is 10.8. The van der Waals surface area contributed by atoms with Crippen LogP contribution in [0, 0.1) is 0 Å². The van der Waals surface area contributed by atoms with Gasteiger partial charge in [-0.15, -0.1) is 0 Å². The molecular formula is C16H23N3O3. The molecule has 2 fully saturated rings. The van der Waals surface area contributed by atoms with E-state index in [0.29, 0.717) is 32.8 Å². The Morgan fingerprint density at radius 1 is 1.00 bits per heavy atom. The van der Waals surface area contributed by atoms with Crippen LogP contribution in [0.3, 0.4) is 0 Å². The fourth-order valence-electron chi connectivity index (χ4n) is 2.82. The smallest absolute Gasteiger partial charge is 0.317 e. The fourth-order valence-corrected chi connectivity index (χ4v) is 2.82. The molecule has 0 radical (unpaired) electrons. The summed E-state index contributed by atoms with van der Waals surface area (Å²) in [5.74, 6) is 0. The maximum atomic E-state index is 12.2. The Kier molecular flexibility index (Phi) is 5.13. The number of carbonyl (C=O) groups excluding carboxylic acids is 1. The largest absolute Gasteiger partial charge is 0.378 e. The number of morpholine rings is 2. The van der Waals surface area contributed by atoms with E-state index in [2.05, 4.69) is 22.3 Å². The van der Waals surface area contributed by atoms with E-state index in [1.54, 1.807) is 4.90 Å². The van der Waals surface area contributed by atoms with E-state index in [9.17, 15) is 4.79 Å².